The Bertz CT molecular complexity index is 275. The van der Waals surface area contributed by atoms with Crippen molar-refractivity contribution in [3.8, 4) is 0 Å². The van der Waals surface area contributed by atoms with Gasteiger partial charge in [0.15, 0.2) is 0 Å². The Balaban J connectivity index is 1.81. The maximum Gasteiger partial charge on any atom is 0.230 e. The summed E-state index contributed by atoms with van der Waals surface area (Å²) in [4.78, 5) is 14.5. The lowest BCUT2D eigenvalue weighted by atomic mass is 9.79. The first kappa shape index (κ1) is 9.64. The highest BCUT2D eigenvalue weighted by molar-refractivity contribution is 5.84. The minimum Gasteiger partial charge on any atom is -0.342 e. The molecule has 3 rings (SSSR count). The summed E-state index contributed by atoms with van der Waals surface area (Å²) in [5, 5.41) is 3.41. The summed E-state index contributed by atoms with van der Waals surface area (Å²) >= 11 is 0. The van der Waals surface area contributed by atoms with E-state index in [0.717, 1.165) is 19.5 Å². The van der Waals surface area contributed by atoms with Gasteiger partial charge in [-0.2, -0.15) is 0 Å². The molecular formula is C12H20N2O. The normalized spacial score (nSPS) is 39.1. The molecule has 0 aromatic carbocycles. The number of carbonyl (C=O) groups excluding carboxylic acids is 1. The SMILES string of the molecule is CN(C(=O)[C@@]12CCC[C@@H]1CNC2)C1CC1. The molecule has 2 atom stereocenters. The van der Waals surface area contributed by atoms with E-state index in [1.807, 2.05) is 11.9 Å². The van der Waals surface area contributed by atoms with E-state index < -0.39 is 0 Å². The highest BCUT2D eigenvalue weighted by atomic mass is 16.2. The standard InChI is InChI=1S/C12H20N2O/c1-14(10-4-5-10)11(15)12-6-2-3-9(12)7-13-8-12/h9-10,13H,2-8H2,1H3/t9-,12-/m1/s1. The van der Waals surface area contributed by atoms with Gasteiger partial charge in [-0.25, -0.2) is 0 Å². The number of fused-ring (bicyclic) bond motifs is 1. The zero-order valence-electron chi connectivity index (χ0n) is 9.46. The molecule has 3 aliphatic rings. The van der Waals surface area contributed by atoms with Crippen LogP contribution in [0.1, 0.15) is 32.1 Å². The van der Waals surface area contributed by atoms with E-state index >= 15 is 0 Å². The van der Waals surface area contributed by atoms with Crippen molar-refractivity contribution in [1.29, 1.82) is 0 Å². The minimum absolute atomic E-state index is 0.0165. The first-order valence-corrected chi connectivity index (χ1v) is 6.22. The Labute approximate surface area is 91.2 Å². The van der Waals surface area contributed by atoms with Crippen molar-refractivity contribution in [2.24, 2.45) is 11.3 Å². The lowest BCUT2D eigenvalue weighted by molar-refractivity contribution is -0.141. The molecule has 2 aliphatic carbocycles. The van der Waals surface area contributed by atoms with Crippen molar-refractivity contribution in [1.82, 2.24) is 10.2 Å². The van der Waals surface area contributed by atoms with Gasteiger partial charge in [-0.15, -0.1) is 0 Å². The first-order chi connectivity index (χ1) is 7.24. The van der Waals surface area contributed by atoms with Gasteiger partial charge in [0.1, 0.15) is 0 Å². The van der Waals surface area contributed by atoms with Crippen LogP contribution in [-0.4, -0.2) is 37.0 Å². The number of hydrogen-bond donors (Lipinski definition) is 1. The third-order valence-electron chi connectivity index (χ3n) is 4.63. The number of rotatable bonds is 2. The average Bonchev–Trinajstić information content (AvgIpc) is 2.86. The van der Waals surface area contributed by atoms with Crippen molar-refractivity contribution in [2.45, 2.75) is 38.1 Å². The molecule has 1 N–H and O–H groups in total. The molecule has 84 valence electrons. The molecule has 0 bridgehead atoms. The van der Waals surface area contributed by atoms with Gasteiger partial charge in [-0.1, -0.05) is 6.42 Å². The molecule has 3 heteroatoms. The maximum absolute atomic E-state index is 12.5. The highest BCUT2D eigenvalue weighted by Gasteiger charge is 2.53. The van der Waals surface area contributed by atoms with Gasteiger partial charge < -0.3 is 10.2 Å². The fourth-order valence-electron chi connectivity index (χ4n) is 3.48. The molecule has 0 unspecified atom stereocenters. The first-order valence-electron chi connectivity index (χ1n) is 6.22. The summed E-state index contributed by atoms with van der Waals surface area (Å²) in [5.41, 5.74) is -0.0165. The Morgan fingerprint density at radius 3 is 2.93 bits per heavy atom. The summed E-state index contributed by atoms with van der Waals surface area (Å²) in [5.74, 6) is 1.05. The van der Waals surface area contributed by atoms with Gasteiger partial charge in [0.2, 0.25) is 5.91 Å². The molecule has 1 amide bonds. The van der Waals surface area contributed by atoms with Crippen LogP contribution >= 0.6 is 0 Å². The van der Waals surface area contributed by atoms with Gasteiger partial charge >= 0.3 is 0 Å². The van der Waals surface area contributed by atoms with Crippen molar-refractivity contribution in [3.05, 3.63) is 0 Å². The molecule has 1 aliphatic heterocycles. The summed E-state index contributed by atoms with van der Waals surface area (Å²) in [6.07, 6.45) is 6.04. The van der Waals surface area contributed by atoms with Crippen LogP contribution in [0.2, 0.25) is 0 Å². The highest BCUT2D eigenvalue weighted by Crippen LogP contribution is 2.47. The predicted octanol–water partition coefficient (Wildman–Crippen LogP) is 0.997. The average molecular weight is 208 g/mol. The van der Waals surface area contributed by atoms with Gasteiger partial charge in [-0.3, -0.25) is 4.79 Å². The summed E-state index contributed by atoms with van der Waals surface area (Å²) < 4.78 is 0. The number of nitrogens with zero attached hydrogens (tertiary/aromatic N) is 1. The Morgan fingerprint density at radius 1 is 1.40 bits per heavy atom. The van der Waals surface area contributed by atoms with Gasteiger partial charge in [0.25, 0.3) is 0 Å². The number of nitrogens with one attached hydrogen (secondary N) is 1. The fraction of sp³-hybridized carbons (Fsp3) is 0.917. The topological polar surface area (TPSA) is 32.3 Å². The van der Waals surface area contributed by atoms with E-state index in [1.54, 1.807) is 0 Å². The molecule has 0 spiro atoms. The van der Waals surface area contributed by atoms with Gasteiger partial charge in [0, 0.05) is 19.6 Å². The molecule has 2 saturated carbocycles. The van der Waals surface area contributed by atoms with E-state index in [9.17, 15) is 4.79 Å². The zero-order chi connectivity index (χ0) is 10.5. The lowest BCUT2D eigenvalue weighted by Gasteiger charge is -2.32. The number of hydrogen-bond acceptors (Lipinski definition) is 2. The van der Waals surface area contributed by atoms with Crippen molar-refractivity contribution in [3.63, 3.8) is 0 Å². The van der Waals surface area contributed by atoms with Crippen LogP contribution in [0, 0.1) is 11.3 Å². The van der Waals surface area contributed by atoms with Crippen LogP contribution in [0.3, 0.4) is 0 Å². The molecule has 0 radical (unpaired) electrons. The van der Waals surface area contributed by atoms with Gasteiger partial charge in [-0.05, 0) is 38.1 Å². The van der Waals surface area contributed by atoms with E-state index in [1.165, 1.54) is 25.7 Å². The molecule has 15 heavy (non-hydrogen) atoms. The zero-order valence-corrected chi connectivity index (χ0v) is 9.46. The molecule has 0 aromatic heterocycles. The Kier molecular flexibility index (Phi) is 2.06. The second-order valence-corrected chi connectivity index (χ2v) is 5.52. The van der Waals surface area contributed by atoms with E-state index in [-0.39, 0.29) is 5.41 Å². The van der Waals surface area contributed by atoms with Crippen LogP contribution in [-0.2, 0) is 4.79 Å². The summed E-state index contributed by atoms with van der Waals surface area (Å²) in [6.45, 7) is 1.98. The van der Waals surface area contributed by atoms with E-state index in [0.29, 0.717) is 17.9 Å². The van der Waals surface area contributed by atoms with E-state index in [4.69, 9.17) is 0 Å². The molecule has 1 saturated heterocycles. The quantitative estimate of drug-likeness (QED) is 0.734. The minimum atomic E-state index is -0.0165. The second-order valence-electron chi connectivity index (χ2n) is 5.52. The predicted molar refractivity (Wildman–Crippen MR) is 58.4 cm³/mol. The largest absolute Gasteiger partial charge is 0.342 e. The summed E-state index contributed by atoms with van der Waals surface area (Å²) in [6, 6.07) is 0.564. The number of carbonyl (C=O) groups is 1. The van der Waals surface area contributed by atoms with Crippen LogP contribution in [0.4, 0.5) is 0 Å². The summed E-state index contributed by atoms with van der Waals surface area (Å²) in [7, 11) is 2.00. The van der Waals surface area contributed by atoms with Crippen LogP contribution < -0.4 is 5.32 Å². The molecule has 1 heterocycles. The van der Waals surface area contributed by atoms with Gasteiger partial charge in [0.05, 0.1) is 5.41 Å². The fourth-order valence-corrected chi connectivity index (χ4v) is 3.48. The lowest BCUT2D eigenvalue weighted by Crippen LogP contribution is -2.45. The van der Waals surface area contributed by atoms with Crippen molar-refractivity contribution >= 4 is 5.91 Å². The van der Waals surface area contributed by atoms with Crippen LogP contribution in [0.25, 0.3) is 0 Å². The third-order valence-corrected chi connectivity index (χ3v) is 4.63. The second kappa shape index (κ2) is 3.21. The van der Waals surface area contributed by atoms with E-state index in [2.05, 4.69) is 5.32 Å². The molecule has 3 fully saturated rings. The molecule has 0 aromatic rings. The Hall–Kier alpha value is -0.570. The Morgan fingerprint density at radius 2 is 2.20 bits per heavy atom. The third kappa shape index (κ3) is 1.32. The smallest absolute Gasteiger partial charge is 0.230 e. The molecule has 3 nitrogen and oxygen atoms in total. The van der Waals surface area contributed by atoms with Crippen molar-refractivity contribution in [2.75, 3.05) is 20.1 Å². The monoisotopic (exact) mass is 208 g/mol. The maximum atomic E-state index is 12.5. The van der Waals surface area contributed by atoms with Crippen LogP contribution in [0.15, 0.2) is 0 Å². The van der Waals surface area contributed by atoms with Crippen molar-refractivity contribution < 1.29 is 4.79 Å². The molecular weight excluding hydrogens is 188 g/mol. The van der Waals surface area contributed by atoms with Crippen LogP contribution in [0.5, 0.6) is 0 Å². The number of amides is 1.